The number of para-hydroxylation sites is 2. The first kappa shape index (κ1) is 20.3. The third-order valence-electron chi connectivity index (χ3n) is 6.70. The van der Waals surface area contributed by atoms with E-state index in [9.17, 15) is 4.79 Å². The number of benzene rings is 2. The Hall–Kier alpha value is -2.57. The Morgan fingerprint density at radius 1 is 1.13 bits per heavy atom. The minimum atomic E-state index is 0.0613. The quantitative estimate of drug-likeness (QED) is 0.673. The van der Waals surface area contributed by atoms with Crippen LogP contribution >= 0.6 is 11.6 Å². The fraction of sp³-hybridized carbons (Fsp3) is 0.417. The largest absolute Gasteiger partial charge is 0.371 e. The van der Waals surface area contributed by atoms with Gasteiger partial charge in [-0.05, 0) is 57.3 Å². The second-order valence-corrected chi connectivity index (χ2v) is 9.30. The molecule has 1 N–H and O–H groups in total. The van der Waals surface area contributed by atoms with Gasteiger partial charge < -0.3 is 19.7 Å². The Kier molecular flexibility index (Phi) is 5.36. The lowest BCUT2D eigenvalue weighted by Crippen LogP contribution is -2.38. The zero-order chi connectivity index (χ0) is 21.5. The lowest BCUT2D eigenvalue weighted by molar-refractivity contribution is -0.133. The maximum absolute atomic E-state index is 13.1. The Morgan fingerprint density at radius 2 is 1.97 bits per heavy atom. The molecule has 7 heteroatoms. The molecule has 2 unspecified atom stereocenters. The average molecular weight is 438 g/mol. The standard InChI is InChI=1S/C24H28ClN5O/c1-28(2)18-10-12-30(15-18)24(31)16-9-11-29(14-16)17-7-8-20(25)19(13-17)23-26-21-5-3-4-6-22(21)27-23/h3-8,13,16,18H,9-12,14-15H2,1-2H3,(H,26,27). The van der Waals surface area contributed by atoms with Crippen molar-refractivity contribution in [3.05, 3.63) is 47.5 Å². The zero-order valence-electron chi connectivity index (χ0n) is 18.0. The van der Waals surface area contributed by atoms with Gasteiger partial charge in [-0.25, -0.2) is 4.98 Å². The third kappa shape index (κ3) is 3.90. The Balaban J connectivity index is 1.32. The number of halogens is 1. The topological polar surface area (TPSA) is 55.5 Å². The first-order valence-corrected chi connectivity index (χ1v) is 11.3. The van der Waals surface area contributed by atoms with Gasteiger partial charge in [0.15, 0.2) is 0 Å². The number of fused-ring (bicyclic) bond motifs is 1. The predicted molar refractivity (Wildman–Crippen MR) is 126 cm³/mol. The normalized spacial score (nSPS) is 21.5. The predicted octanol–water partition coefficient (Wildman–Crippen LogP) is 3.87. The molecule has 1 amide bonds. The van der Waals surface area contributed by atoms with Crippen LogP contribution in [-0.4, -0.2) is 72.0 Å². The highest BCUT2D eigenvalue weighted by Gasteiger charge is 2.35. The summed E-state index contributed by atoms with van der Waals surface area (Å²) in [6, 6.07) is 14.5. The van der Waals surface area contributed by atoms with Crippen LogP contribution in [0.1, 0.15) is 12.8 Å². The molecule has 0 aliphatic carbocycles. The number of carbonyl (C=O) groups is 1. The molecular weight excluding hydrogens is 410 g/mol. The van der Waals surface area contributed by atoms with Crippen molar-refractivity contribution < 1.29 is 4.79 Å². The van der Waals surface area contributed by atoms with E-state index in [0.29, 0.717) is 17.0 Å². The van der Waals surface area contributed by atoms with Crippen molar-refractivity contribution in [2.75, 3.05) is 45.2 Å². The van der Waals surface area contributed by atoms with Crippen LogP contribution in [0.5, 0.6) is 0 Å². The Labute approximate surface area is 187 Å². The van der Waals surface area contributed by atoms with Crippen LogP contribution in [-0.2, 0) is 4.79 Å². The van der Waals surface area contributed by atoms with Crippen LogP contribution in [0.4, 0.5) is 5.69 Å². The highest BCUT2D eigenvalue weighted by molar-refractivity contribution is 6.33. The van der Waals surface area contributed by atoms with Crippen LogP contribution < -0.4 is 4.90 Å². The Morgan fingerprint density at radius 3 is 2.74 bits per heavy atom. The van der Waals surface area contributed by atoms with E-state index in [4.69, 9.17) is 16.6 Å². The highest BCUT2D eigenvalue weighted by Crippen LogP contribution is 2.34. The van der Waals surface area contributed by atoms with Crippen molar-refractivity contribution in [1.29, 1.82) is 0 Å². The molecule has 6 nitrogen and oxygen atoms in total. The number of imidazole rings is 1. The fourth-order valence-electron chi connectivity index (χ4n) is 4.79. The molecular formula is C24H28ClN5O. The number of anilines is 1. The average Bonchev–Trinajstić information content (AvgIpc) is 3.52. The van der Waals surface area contributed by atoms with Gasteiger partial charge in [0.1, 0.15) is 5.82 Å². The summed E-state index contributed by atoms with van der Waals surface area (Å²) in [7, 11) is 4.19. The number of aromatic amines is 1. The first-order valence-electron chi connectivity index (χ1n) is 10.9. The van der Waals surface area contributed by atoms with Crippen LogP contribution in [0, 0.1) is 5.92 Å². The number of H-pyrrole nitrogens is 1. The van der Waals surface area contributed by atoms with Crippen molar-refractivity contribution in [1.82, 2.24) is 19.8 Å². The molecule has 0 radical (unpaired) electrons. The van der Waals surface area contributed by atoms with Crippen LogP contribution in [0.25, 0.3) is 22.4 Å². The van der Waals surface area contributed by atoms with Gasteiger partial charge >= 0.3 is 0 Å². The monoisotopic (exact) mass is 437 g/mol. The number of amides is 1. The number of rotatable bonds is 4. The molecule has 2 aliphatic rings. The highest BCUT2D eigenvalue weighted by atomic mass is 35.5. The first-order chi connectivity index (χ1) is 15.0. The number of nitrogens with zero attached hydrogens (tertiary/aromatic N) is 4. The smallest absolute Gasteiger partial charge is 0.227 e. The van der Waals surface area contributed by atoms with Gasteiger partial charge in [-0.3, -0.25) is 4.79 Å². The zero-order valence-corrected chi connectivity index (χ0v) is 18.8. The van der Waals surface area contributed by atoms with E-state index < -0.39 is 0 Å². The van der Waals surface area contributed by atoms with E-state index in [0.717, 1.165) is 67.1 Å². The number of hydrogen-bond acceptors (Lipinski definition) is 4. The van der Waals surface area contributed by atoms with Crippen LogP contribution in [0.15, 0.2) is 42.5 Å². The van der Waals surface area contributed by atoms with Gasteiger partial charge in [-0.2, -0.15) is 0 Å². The van der Waals surface area contributed by atoms with Gasteiger partial charge in [0, 0.05) is 43.5 Å². The number of likely N-dealkylation sites (tertiary alicyclic amines) is 1. The molecule has 0 spiro atoms. The summed E-state index contributed by atoms with van der Waals surface area (Å²) >= 11 is 6.53. The number of aromatic nitrogens is 2. The Bertz CT molecular complexity index is 1080. The number of carbonyl (C=O) groups excluding carboxylic acids is 1. The molecule has 2 atom stereocenters. The molecule has 1 aromatic heterocycles. The summed E-state index contributed by atoms with van der Waals surface area (Å²) in [6.45, 7) is 3.35. The van der Waals surface area contributed by atoms with Crippen LogP contribution in [0.2, 0.25) is 5.02 Å². The van der Waals surface area contributed by atoms with Crippen molar-refractivity contribution in [3.63, 3.8) is 0 Å². The molecule has 31 heavy (non-hydrogen) atoms. The minimum Gasteiger partial charge on any atom is -0.371 e. The van der Waals surface area contributed by atoms with Crippen molar-refractivity contribution in [3.8, 4) is 11.4 Å². The number of nitrogens with one attached hydrogen (secondary N) is 1. The van der Waals surface area contributed by atoms with Gasteiger partial charge in [-0.1, -0.05) is 23.7 Å². The van der Waals surface area contributed by atoms with E-state index in [-0.39, 0.29) is 5.92 Å². The molecule has 2 aromatic carbocycles. The van der Waals surface area contributed by atoms with Crippen molar-refractivity contribution in [2.45, 2.75) is 18.9 Å². The molecule has 5 rings (SSSR count). The van der Waals surface area contributed by atoms with Gasteiger partial charge in [0.25, 0.3) is 0 Å². The van der Waals surface area contributed by atoms with E-state index in [1.54, 1.807) is 0 Å². The number of likely N-dealkylation sites (N-methyl/N-ethyl adjacent to an activating group) is 1. The lowest BCUT2D eigenvalue weighted by Gasteiger charge is -2.23. The number of hydrogen-bond donors (Lipinski definition) is 1. The molecule has 2 aliphatic heterocycles. The minimum absolute atomic E-state index is 0.0613. The second-order valence-electron chi connectivity index (χ2n) is 8.89. The summed E-state index contributed by atoms with van der Waals surface area (Å²) < 4.78 is 0. The SMILES string of the molecule is CN(C)C1CCN(C(=O)C2CCN(c3ccc(Cl)c(-c4nc5ccccc5[nH]4)c3)C2)C1. The maximum Gasteiger partial charge on any atom is 0.227 e. The third-order valence-corrected chi connectivity index (χ3v) is 7.03. The summed E-state index contributed by atoms with van der Waals surface area (Å²) in [5.41, 5.74) is 3.89. The summed E-state index contributed by atoms with van der Waals surface area (Å²) in [4.78, 5) is 27.7. The molecule has 2 saturated heterocycles. The van der Waals surface area contributed by atoms with E-state index in [1.807, 2.05) is 36.4 Å². The molecule has 0 bridgehead atoms. The van der Waals surface area contributed by atoms with Crippen molar-refractivity contribution >= 4 is 34.2 Å². The maximum atomic E-state index is 13.1. The van der Waals surface area contributed by atoms with Gasteiger partial charge in [0.05, 0.1) is 22.0 Å². The molecule has 0 saturated carbocycles. The van der Waals surface area contributed by atoms with E-state index in [1.165, 1.54) is 0 Å². The second kappa shape index (κ2) is 8.17. The summed E-state index contributed by atoms with van der Waals surface area (Å²) in [5, 5.41) is 0.668. The fourth-order valence-corrected chi connectivity index (χ4v) is 5.00. The molecule has 162 valence electrons. The van der Waals surface area contributed by atoms with Gasteiger partial charge in [-0.15, -0.1) is 0 Å². The van der Waals surface area contributed by atoms with Crippen molar-refractivity contribution in [2.24, 2.45) is 5.92 Å². The van der Waals surface area contributed by atoms with E-state index in [2.05, 4.69) is 39.8 Å². The van der Waals surface area contributed by atoms with Crippen LogP contribution in [0.3, 0.4) is 0 Å². The summed E-state index contributed by atoms with van der Waals surface area (Å²) in [5.74, 6) is 1.14. The lowest BCUT2D eigenvalue weighted by atomic mass is 10.1. The summed E-state index contributed by atoms with van der Waals surface area (Å²) in [6.07, 6.45) is 1.96. The molecule has 3 heterocycles. The molecule has 2 fully saturated rings. The van der Waals surface area contributed by atoms with E-state index >= 15 is 0 Å². The molecule has 3 aromatic rings. The van der Waals surface area contributed by atoms with Gasteiger partial charge in [0.2, 0.25) is 5.91 Å².